The van der Waals surface area contributed by atoms with Crippen molar-refractivity contribution in [2.24, 2.45) is 0 Å². The standard InChI is InChI=1S/C12H13F/c1-3-5-6-11-7-10(4-2)8-12(13)9-11/h7-9H,3-4H2,1-2H3. The predicted molar refractivity (Wildman–Crippen MR) is 52.9 cm³/mol. The van der Waals surface area contributed by atoms with Crippen molar-refractivity contribution in [3.63, 3.8) is 0 Å². The van der Waals surface area contributed by atoms with Gasteiger partial charge in [0.1, 0.15) is 5.82 Å². The Hall–Kier alpha value is -1.29. The molecular weight excluding hydrogens is 163 g/mol. The maximum Gasteiger partial charge on any atom is 0.124 e. The molecule has 0 unspecified atom stereocenters. The van der Waals surface area contributed by atoms with Crippen LogP contribution in [0.2, 0.25) is 0 Å². The van der Waals surface area contributed by atoms with Gasteiger partial charge in [-0.1, -0.05) is 25.7 Å². The number of hydrogen-bond donors (Lipinski definition) is 0. The molecule has 0 N–H and O–H groups in total. The summed E-state index contributed by atoms with van der Waals surface area (Å²) < 4.78 is 13.0. The molecule has 0 fully saturated rings. The zero-order valence-corrected chi connectivity index (χ0v) is 8.02. The van der Waals surface area contributed by atoms with E-state index in [0.29, 0.717) is 0 Å². The second-order valence-corrected chi connectivity index (χ2v) is 2.86. The first kappa shape index (κ1) is 9.80. The third kappa shape index (κ3) is 2.91. The van der Waals surface area contributed by atoms with Gasteiger partial charge in [0.2, 0.25) is 0 Å². The molecular formula is C12H13F. The maximum absolute atomic E-state index is 13.0. The number of benzene rings is 1. The first-order valence-corrected chi connectivity index (χ1v) is 4.54. The van der Waals surface area contributed by atoms with Crippen molar-refractivity contribution in [3.8, 4) is 11.8 Å². The molecule has 13 heavy (non-hydrogen) atoms. The smallest absolute Gasteiger partial charge is 0.124 e. The van der Waals surface area contributed by atoms with Gasteiger partial charge in [0.05, 0.1) is 0 Å². The molecule has 0 radical (unpaired) electrons. The second kappa shape index (κ2) is 4.67. The molecule has 0 amide bonds. The topological polar surface area (TPSA) is 0 Å². The van der Waals surface area contributed by atoms with E-state index in [4.69, 9.17) is 0 Å². The SMILES string of the molecule is CCC#Cc1cc(F)cc(CC)c1. The van der Waals surface area contributed by atoms with Gasteiger partial charge in [0, 0.05) is 12.0 Å². The van der Waals surface area contributed by atoms with E-state index in [-0.39, 0.29) is 5.82 Å². The molecule has 1 aromatic carbocycles. The van der Waals surface area contributed by atoms with Crippen molar-refractivity contribution in [1.82, 2.24) is 0 Å². The maximum atomic E-state index is 13.0. The molecule has 0 aromatic heterocycles. The lowest BCUT2D eigenvalue weighted by atomic mass is 10.1. The molecule has 0 spiro atoms. The lowest BCUT2D eigenvalue weighted by Crippen LogP contribution is -1.85. The number of aryl methyl sites for hydroxylation is 1. The van der Waals surface area contributed by atoms with E-state index in [1.807, 2.05) is 19.9 Å². The van der Waals surface area contributed by atoms with Crippen LogP contribution in [0.15, 0.2) is 18.2 Å². The quantitative estimate of drug-likeness (QED) is 0.576. The van der Waals surface area contributed by atoms with Crippen molar-refractivity contribution in [1.29, 1.82) is 0 Å². The fraction of sp³-hybridized carbons (Fsp3) is 0.333. The summed E-state index contributed by atoms with van der Waals surface area (Å²) in [4.78, 5) is 0. The van der Waals surface area contributed by atoms with E-state index in [2.05, 4.69) is 11.8 Å². The van der Waals surface area contributed by atoms with Crippen LogP contribution in [0.4, 0.5) is 4.39 Å². The normalized spacial score (nSPS) is 9.15. The van der Waals surface area contributed by atoms with Gasteiger partial charge in [-0.05, 0) is 30.2 Å². The van der Waals surface area contributed by atoms with Gasteiger partial charge in [0.25, 0.3) is 0 Å². The largest absolute Gasteiger partial charge is 0.207 e. The highest BCUT2D eigenvalue weighted by Crippen LogP contribution is 2.08. The molecule has 0 nitrogen and oxygen atoms in total. The third-order valence-electron chi connectivity index (χ3n) is 1.78. The van der Waals surface area contributed by atoms with Gasteiger partial charge in [-0.2, -0.15) is 0 Å². The van der Waals surface area contributed by atoms with Gasteiger partial charge in [-0.25, -0.2) is 4.39 Å². The summed E-state index contributed by atoms with van der Waals surface area (Å²) in [5.41, 5.74) is 1.78. The Balaban J connectivity index is 3.01. The highest BCUT2D eigenvalue weighted by atomic mass is 19.1. The molecule has 0 aliphatic heterocycles. The first-order valence-electron chi connectivity index (χ1n) is 4.54. The van der Waals surface area contributed by atoms with Crippen LogP contribution < -0.4 is 0 Å². The highest BCUT2D eigenvalue weighted by molar-refractivity contribution is 5.37. The van der Waals surface area contributed by atoms with Crippen LogP contribution in [0.5, 0.6) is 0 Å². The molecule has 0 atom stereocenters. The average molecular weight is 176 g/mol. The Morgan fingerprint density at radius 2 is 2.00 bits per heavy atom. The molecule has 0 bridgehead atoms. The van der Waals surface area contributed by atoms with E-state index < -0.39 is 0 Å². The minimum absolute atomic E-state index is 0.195. The second-order valence-electron chi connectivity index (χ2n) is 2.86. The highest BCUT2D eigenvalue weighted by Gasteiger charge is 1.96. The molecule has 0 saturated heterocycles. The van der Waals surface area contributed by atoms with Gasteiger partial charge >= 0.3 is 0 Å². The summed E-state index contributed by atoms with van der Waals surface area (Å²) >= 11 is 0. The Morgan fingerprint density at radius 3 is 2.62 bits per heavy atom. The van der Waals surface area contributed by atoms with Crippen molar-refractivity contribution in [2.45, 2.75) is 26.7 Å². The zero-order chi connectivity index (χ0) is 9.68. The molecule has 0 aliphatic carbocycles. The first-order chi connectivity index (χ1) is 6.26. The predicted octanol–water partition coefficient (Wildman–Crippen LogP) is 3.15. The lowest BCUT2D eigenvalue weighted by Gasteiger charge is -1.97. The van der Waals surface area contributed by atoms with Crippen molar-refractivity contribution >= 4 is 0 Å². The van der Waals surface area contributed by atoms with Gasteiger partial charge in [-0.15, -0.1) is 0 Å². The third-order valence-corrected chi connectivity index (χ3v) is 1.78. The Labute approximate surface area is 78.8 Å². The van der Waals surface area contributed by atoms with Crippen molar-refractivity contribution < 1.29 is 4.39 Å². The molecule has 0 aliphatic rings. The van der Waals surface area contributed by atoms with Crippen LogP contribution in [0.3, 0.4) is 0 Å². The molecule has 1 rings (SSSR count). The molecule has 1 aromatic rings. The Morgan fingerprint density at radius 1 is 1.23 bits per heavy atom. The summed E-state index contributed by atoms with van der Waals surface area (Å²) in [6.45, 7) is 3.98. The van der Waals surface area contributed by atoms with Crippen molar-refractivity contribution in [2.75, 3.05) is 0 Å². The minimum Gasteiger partial charge on any atom is -0.207 e. The number of hydrogen-bond acceptors (Lipinski definition) is 0. The Bertz CT molecular complexity index is 342. The van der Waals surface area contributed by atoms with Gasteiger partial charge < -0.3 is 0 Å². The molecule has 68 valence electrons. The van der Waals surface area contributed by atoms with Gasteiger partial charge in [0.15, 0.2) is 0 Å². The fourth-order valence-corrected chi connectivity index (χ4v) is 1.12. The summed E-state index contributed by atoms with van der Waals surface area (Å²) in [7, 11) is 0. The average Bonchev–Trinajstić information content (AvgIpc) is 2.14. The Kier molecular flexibility index (Phi) is 3.52. The van der Waals surface area contributed by atoms with Crippen LogP contribution in [-0.4, -0.2) is 0 Å². The minimum atomic E-state index is -0.195. The summed E-state index contributed by atoms with van der Waals surface area (Å²) in [5, 5.41) is 0. The fourth-order valence-electron chi connectivity index (χ4n) is 1.12. The number of rotatable bonds is 1. The summed E-state index contributed by atoms with van der Waals surface area (Å²) in [5.74, 6) is 5.65. The van der Waals surface area contributed by atoms with E-state index in [1.54, 1.807) is 6.07 Å². The molecule has 0 heterocycles. The van der Waals surface area contributed by atoms with Crippen LogP contribution in [-0.2, 0) is 6.42 Å². The van der Waals surface area contributed by atoms with Crippen LogP contribution >= 0.6 is 0 Å². The van der Waals surface area contributed by atoms with Crippen molar-refractivity contribution in [3.05, 3.63) is 35.1 Å². The van der Waals surface area contributed by atoms with E-state index >= 15 is 0 Å². The number of halogens is 1. The molecule has 1 heteroatoms. The van der Waals surface area contributed by atoms with E-state index in [1.165, 1.54) is 6.07 Å². The van der Waals surface area contributed by atoms with Gasteiger partial charge in [-0.3, -0.25) is 0 Å². The lowest BCUT2D eigenvalue weighted by molar-refractivity contribution is 0.625. The van der Waals surface area contributed by atoms with Crippen LogP contribution in [0.25, 0.3) is 0 Å². The summed E-state index contributed by atoms with van der Waals surface area (Å²) in [6.07, 6.45) is 1.65. The summed E-state index contributed by atoms with van der Waals surface area (Å²) in [6, 6.07) is 4.96. The molecule has 0 saturated carbocycles. The van der Waals surface area contributed by atoms with Crippen LogP contribution in [0, 0.1) is 17.7 Å². The monoisotopic (exact) mass is 176 g/mol. The van der Waals surface area contributed by atoms with E-state index in [9.17, 15) is 4.39 Å². The van der Waals surface area contributed by atoms with Crippen LogP contribution in [0.1, 0.15) is 31.4 Å². The zero-order valence-electron chi connectivity index (χ0n) is 8.02. The van der Waals surface area contributed by atoms with E-state index in [0.717, 1.165) is 24.0 Å².